The normalized spacial score (nSPS) is 12.0. The highest BCUT2D eigenvalue weighted by Gasteiger charge is 2.21. The van der Waals surface area contributed by atoms with Crippen molar-refractivity contribution in [3.63, 3.8) is 0 Å². The smallest absolute Gasteiger partial charge is 0.294 e. The molecule has 0 spiro atoms. The molecule has 0 atom stereocenters. The van der Waals surface area contributed by atoms with Gasteiger partial charge in [0.2, 0.25) is 0 Å². The highest BCUT2D eigenvalue weighted by Crippen LogP contribution is 2.34. The minimum absolute atomic E-state index is 0.142. The largest absolute Gasteiger partial charge is 0.411 e. The number of H-pyrrole nitrogens is 1. The Morgan fingerprint density at radius 1 is 1.16 bits per heavy atom. The van der Waals surface area contributed by atoms with Crippen molar-refractivity contribution in [2.24, 2.45) is 5.16 Å². The zero-order valence-corrected chi connectivity index (χ0v) is 17.4. The molecule has 0 saturated heterocycles. The fourth-order valence-corrected chi connectivity index (χ4v) is 3.74. The highest BCUT2D eigenvalue weighted by molar-refractivity contribution is 7.90. The van der Waals surface area contributed by atoms with Crippen LogP contribution in [0.1, 0.15) is 18.5 Å². The van der Waals surface area contributed by atoms with E-state index in [1.807, 2.05) is 30.3 Å². The van der Waals surface area contributed by atoms with E-state index in [1.165, 1.54) is 12.1 Å². The van der Waals surface area contributed by atoms with Crippen LogP contribution < -0.4 is 0 Å². The number of nitrogens with one attached hydrogen (secondary N) is 1. The lowest BCUT2D eigenvalue weighted by molar-refractivity contribution is -0.757. The molecule has 0 aliphatic carbocycles. The summed E-state index contributed by atoms with van der Waals surface area (Å²) in [7, 11) is -3.33. The molecule has 162 valence electrons. The number of sulfone groups is 1. The zero-order chi connectivity index (χ0) is 22.4. The maximum absolute atomic E-state index is 11.8. The van der Waals surface area contributed by atoms with E-state index < -0.39 is 14.9 Å². The quantitative estimate of drug-likeness (QED) is 0.169. The Labute approximate surface area is 178 Å². The molecule has 0 bridgehead atoms. The Kier molecular flexibility index (Phi) is 6.65. The van der Waals surface area contributed by atoms with Gasteiger partial charge in [0.15, 0.2) is 9.84 Å². The lowest BCUT2D eigenvalue weighted by Crippen LogP contribution is -2.08. The number of oxime groups is 1. The van der Waals surface area contributed by atoms with Crippen LogP contribution in [0.5, 0.6) is 0 Å². The molecule has 0 aliphatic rings. The number of nitrogens with zero attached hydrogens (tertiary/aromatic N) is 3. The summed E-state index contributed by atoms with van der Waals surface area (Å²) in [4.78, 5) is 14.8. The number of rotatable bonds is 9. The summed E-state index contributed by atoms with van der Waals surface area (Å²) in [6.07, 6.45) is 1.58. The first-order chi connectivity index (χ1) is 14.8. The van der Waals surface area contributed by atoms with Crippen molar-refractivity contribution in [3.05, 3.63) is 70.4 Å². The van der Waals surface area contributed by atoms with Gasteiger partial charge in [-0.3, -0.25) is 5.10 Å². The maximum atomic E-state index is 11.8. The van der Waals surface area contributed by atoms with Gasteiger partial charge in [-0.1, -0.05) is 47.6 Å². The fraction of sp³-hybridized carbons (Fsp3) is 0.200. The van der Waals surface area contributed by atoms with Gasteiger partial charge in [-0.05, 0) is 30.5 Å². The molecule has 2 N–H and O–H groups in total. The molecule has 2 aromatic carbocycles. The molecular formula is C20H20N4O6S. The summed E-state index contributed by atoms with van der Waals surface area (Å²) < 4.78 is 23.5. The van der Waals surface area contributed by atoms with Crippen molar-refractivity contribution in [2.45, 2.75) is 17.7 Å². The van der Waals surface area contributed by atoms with Gasteiger partial charge in [-0.2, -0.15) is 5.10 Å². The second kappa shape index (κ2) is 9.39. The molecule has 0 saturated carbocycles. The standard InChI is InChI=1S/C20H20N4O6S/c1-31(28,29)16-11-9-15(10-12-16)19-18(14-6-3-2-4-7-14)20(22-21-19)17(23-25)8-5-13-30-24(26)27/h2-4,6-7,9-12,25H,5,8,13H2,1H3,(H,21,22). The van der Waals surface area contributed by atoms with E-state index in [0.29, 0.717) is 22.5 Å². The second-order valence-electron chi connectivity index (χ2n) is 6.69. The van der Waals surface area contributed by atoms with Gasteiger partial charge in [0.25, 0.3) is 5.09 Å². The molecule has 0 fully saturated rings. The van der Waals surface area contributed by atoms with Crippen LogP contribution in [-0.2, 0) is 14.7 Å². The molecule has 1 heterocycles. The Morgan fingerprint density at radius 2 is 1.84 bits per heavy atom. The zero-order valence-electron chi connectivity index (χ0n) is 16.6. The van der Waals surface area contributed by atoms with E-state index in [1.54, 1.807) is 12.1 Å². The van der Waals surface area contributed by atoms with Crippen LogP contribution in [0.3, 0.4) is 0 Å². The van der Waals surface area contributed by atoms with Crippen LogP contribution in [-0.4, -0.2) is 47.5 Å². The van der Waals surface area contributed by atoms with Gasteiger partial charge in [-0.25, -0.2) is 8.42 Å². The van der Waals surface area contributed by atoms with Gasteiger partial charge in [0, 0.05) is 17.4 Å². The lowest BCUT2D eigenvalue weighted by atomic mass is 9.96. The number of hydrogen-bond acceptors (Lipinski definition) is 8. The topological polar surface area (TPSA) is 148 Å². The summed E-state index contributed by atoms with van der Waals surface area (Å²) in [6, 6.07) is 15.7. The van der Waals surface area contributed by atoms with Crippen LogP contribution in [0.15, 0.2) is 64.6 Å². The minimum atomic E-state index is -3.33. The number of aromatic amines is 1. The third kappa shape index (κ3) is 5.25. The Balaban J connectivity index is 2.02. The van der Waals surface area contributed by atoms with E-state index >= 15 is 0 Å². The van der Waals surface area contributed by atoms with Gasteiger partial charge in [0.05, 0.1) is 17.2 Å². The molecule has 3 rings (SSSR count). The van der Waals surface area contributed by atoms with Crippen molar-refractivity contribution < 1.29 is 23.5 Å². The minimum Gasteiger partial charge on any atom is -0.411 e. The average Bonchev–Trinajstić information content (AvgIpc) is 3.18. The number of hydrogen-bond donors (Lipinski definition) is 2. The summed E-state index contributed by atoms with van der Waals surface area (Å²) in [5.74, 6) is 0. The summed E-state index contributed by atoms with van der Waals surface area (Å²) in [5.41, 5.74) is 3.40. The van der Waals surface area contributed by atoms with Gasteiger partial charge >= 0.3 is 0 Å². The molecule has 31 heavy (non-hydrogen) atoms. The summed E-state index contributed by atoms with van der Waals surface area (Å²) in [5, 5.41) is 29.6. The van der Waals surface area contributed by atoms with E-state index in [0.717, 1.165) is 11.8 Å². The number of benzene rings is 2. The molecule has 0 unspecified atom stereocenters. The second-order valence-corrected chi connectivity index (χ2v) is 8.71. The number of aromatic nitrogens is 2. The van der Waals surface area contributed by atoms with Gasteiger partial charge in [0.1, 0.15) is 11.4 Å². The van der Waals surface area contributed by atoms with Crippen molar-refractivity contribution in [1.82, 2.24) is 10.2 Å². The molecule has 0 radical (unpaired) electrons. The highest BCUT2D eigenvalue weighted by atomic mass is 32.2. The van der Waals surface area contributed by atoms with E-state index in [2.05, 4.69) is 20.2 Å². The Bertz CT molecular complexity index is 1190. The summed E-state index contributed by atoms with van der Waals surface area (Å²) >= 11 is 0. The van der Waals surface area contributed by atoms with Crippen LogP contribution >= 0.6 is 0 Å². The van der Waals surface area contributed by atoms with E-state index in [-0.39, 0.29) is 30.1 Å². The predicted octanol–water partition coefficient (Wildman–Crippen LogP) is 3.31. The molecule has 10 nitrogen and oxygen atoms in total. The Morgan fingerprint density at radius 3 is 2.42 bits per heavy atom. The van der Waals surface area contributed by atoms with Crippen LogP contribution in [0.25, 0.3) is 22.4 Å². The van der Waals surface area contributed by atoms with Crippen molar-refractivity contribution in [2.75, 3.05) is 12.9 Å². The van der Waals surface area contributed by atoms with E-state index in [4.69, 9.17) is 0 Å². The first kappa shape index (κ1) is 22.0. The SMILES string of the molecule is CS(=O)(=O)c1ccc(-c2[nH]nc(C(CCCO[N+](=O)[O-])=NO)c2-c2ccccc2)cc1. The van der Waals surface area contributed by atoms with Gasteiger partial charge < -0.3 is 10.0 Å². The first-order valence-corrected chi connectivity index (χ1v) is 11.1. The van der Waals surface area contributed by atoms with Crippen molar-refractivity contribution in [3.8, 4) is 22.4 Å². The maximum Gasteiger partial charge on any atom is 0.294 e. The van der Waals surface area contributed by atoms with Crippen LogP contribution in [0, 0.1) is 10.1 Å². The molecule has 11 heteroatoms. The third-order valence-corrected chi connectivity index (χ3v) is 5.68. The molecule has 0 aliphatic heterocycles. The lowest BCUT2D eigenvalue weighted by Gasteiger charge is -2.08. The molecular weight excluding hydrogens is 424 g/mol. The molecule has 1 aromatic heterocycles. The average molecular weight is 444 g/mol. The Hall–Kier alpha value is -3.73. The van der Waals surface area contributed by atoms with Crippen LogP contribution in [0.4, 0.5) is 0 Å². The molecule has 3 aromatic rings. The monoisotopic (exact) mass is 444 g/mol. The summed E-state index contributed by atoms with van der Waals surface area (Å²) in [6.45, 7) is -0.142. The van der Waals surface area contributed by atoms with Crippen LogP contribution in [0.2, 0.25) is 0 Å². The first-order valence-electron chi connectivity index (χ1n) is 9.24. The van der Waals surface area contributed by atoms with Crippen molar-refractivity contribution >= 4 is 15.5 Å². The molecule has 0 amide bonds. The fourth-order valence-electron chi connectivity index (χ4n) is 3.11. The third-order valence-electron chi connectivity index (χ3n) is 4.55. The van der Waals surface area contributed by atoms with E-state index in [9.17, 15) is 23.7 Å². The van der Waals surface area contributed by atoms with Crippen molar-refractivity contribution in [1.29, 1.82) is 0 Å². The van der Waals surface area contributed by atoms with Gasteiger partial charge in [-0.15, -0.1) is 10.1 Å². The predicted molar refractivity (Wildman–Crippen MR) is 113 cm³/mol.